The molecule has 2 aromatic carbocycles. The maximum atomic E-state index is 13.3. The van der Waals surface area contributed by atoms with Gasteiger partial charge in [-0.15, -0.1) is 0 Å². The van der Waals surface area contributed by atoms with Gasteiger partial charge in [-0.1, -0.05) is 48.5 Å². The molecule has 0 saturated carbocycles. The third-order valence-electron chi connectivity index (χ3n) is 4.63. The third kappa shape index (κ3) is 3.09. The smallest absolute Gasteiger partial charge is 0.259 e. The van der Waals surface area contributed by atoms with Crippen molar-refractivity contribution in [3.8, 4) is 11.8 Å². The van der Waals surface area contributed by atoms with E-state index in [1.54, 1.807) is 11.0 Å². The number of benzene rings is 2. The molecule has 1 amide bonds. The summed E-state index contributed by atoms with van der Waals surface area (Å²) in [6, 6.07) is 17.7. The largest absolute Gasteiger partial charge is 0.480 e. The van der Waals surface area contributed by atoms with Crippen LogP contribution in [0.25, 0.3) is 11.6 Å². The second-order valence-electron chi connectivity index (χ2n) is 6.26. The standard InChI is InChI=1S/C22H19N3O3/c1-27-20-18(21(28-2)24-14-23-20)12-17-16-10-6-7-11-19(16)25(22(17)26)13-15-8-4-3-5-9-15/h3-12,14H,13H2,1-2H3/b17-12-. The number of hydrogen-bond acceptors (Lipinski definition) is 5. The molecule has 1 aromatic heterocycles. The molecular formula is C22H19N3O3. The monoisotopic (exact) mass is 373 g/mol. The van der Waals surface area contributed by atoms with E-state index in [2.05, 4.69) is 9.97 Å². The van der Waals surface area contributed by atoms with Crippen molar-refractivity contribution >= 4 is 23.2 Å². The number of anilines is 1. The van der Waals surface area contributed by atoms with Gasteiger partial charge in [0.05, 0.1) is 37.6 Å². The average Bonchev–Trinajstić information content (AvgIpc) is 3.00. The maximum Gasteiger partial charge on any atom is 0.259 e. The lowest BCUT2D eigenvalue weighted by Crippen LogP contribution is -2.25. The molecule has 1 aliphatic rings. The summed E-state index contributed by atoms with van der Waals surface area (Å²) < 4.78 is 10.7. The average molecular weight is 373 g/mol. The molecule has 2 heterocycles. The molecule has 0 N–H and O–H groups in total. The highest BCUT2D eigenvalue weighted by Crippen LogP contribution is 2.40. The molecule has 6 nitrogen and oxygen atoms in total. The molecule has 140 valence electrons. The van der Waals surface area contributed by atoms with E-state index in [4.69, 9.17) is 9.47 Å². The zero-order chi connectivity index (χ0) is 19.5. The Morgan fingerprint density at radius 3 is 2.25 bits per heavy atom. The van der Waals surface area contributed by atoms with E-state index in [0.717, 1.165) is 16.8 Å². The lowest BCUT2D eigenvalue weighted by molar-refractivity contribution is -0.113. The second kappa shape index (κ2) is 7.52. The summed E-state index contributed by atoms with van der Waals surface area (Å²) >= 11 is 0. The van der Waals surface area contributed by atoms with E-state index in [9.17, 15) is 4.79 Å². The van der Waals surface area contributed by atoms with Crippen LogP contribution in [0.5, 0.6) is 11.8 Å². The van der Waals surface area contributed by atoms with Gasteiger partial charge >= 0.3 is 0 Å². The number of para-hydroxylation sites is 1. The molecule has 6 heteroatoms. The first kappa shape index (κ1) is 17.7. The van der Waals surface area contributed by atoms with Crippen molar-refractivity contribution in [1.29, 1.82) is 0 Å². The van der Waals surface area contributed by atoms with Crippen LogP contribution in [0.2, 0.25) is 0 Å². The van der Waals surface area contributed by atoms with Crippen LogP contribution in [0, 0.1) is 0 Å². The third-order valence-corrected chi connectivity index (χ3v) is 4.63. The van der Waals surface area contributed by atoms with Gasteiger partial charge in [0.1, 0.15) is 6.33 Å². The number of rotatable bonds is 5. The van der Waals surface area contributed by atoms with Crippen molar-refractivity contribution in [2.24, 2.45) is 0 Å². The fourth-order valence-electron chi connectivity index (χ4n) is 3.33. The summed E-state index contributed by atoms with van der Waals surface area (Å²) in [4.78, 5) is 23.3. The van der Waals surface area contributed by atoms with Crippen molar-refractivity contribution in [3.63, 3.8) is 0 Å². The Labute approximate surface area is 163 Å². The minimum Gasteiger partial charge on any atom is -0.480 e. The molecule has 0 bridgehead atoms. The first-order valence-corrected chi connectivity index (χ1v) is 8.82. The predicted molar refractivity (Wildman–Crippen MR) is 107 cm³/mol. The molecule has 0 saturated heterocycles. The number of carbonyl (C=O) groups excluding carboxylic acids is 1. The van der Waals surface area contributed by atoms with Crippen molar-refractivity contribution in [3.05, 3.63) is 77.6 Å². The highest BCUT2D eigenvalue weighted by Gasteiger charge is 2.32. The molecule has 3 aromatic rings. The van der Waals surface area contributed by atoms with E-state index in [1.165, 1.54) is 20.5 Å². The lowest BCUT2D eigenvalue weighted by atomic mass is 10.0. The van der Waals surface area contributed by atoms with E-state index in [1.807, 2.05) is 54.6 Å². The van der Waals surface area contributed by atoms with Gasteiger partial charge < -0.3 is 14.4 Å². The van der Waals surface area contributed by atoms with Crippen LogP contribution >= 0.6 is 0 Å². The summed E-state index contributed by atoms with van der Waals surface area (Å²) in [7, 11) is 3.05. The van der Waals surface area contributed by atoms with Gasteiger partial charge in [-0.05, 0) is 17.7 Å². The molecule has 0 radical (unpaired) electrons. The quantitative estimate of drug-likeness (QED) is 0.640. The number of aromatic nitrogens is 2. The number of ether oxygens (including phenoxy) is 2. The highest BCUT2D eigenvalue weighted by atomic mass is 16.5. The SMILES string of the molecule is COc1ncnc(OC)c1/C=C1\C(=O)N(Cc2ccccc2)c2ccccc21. The number of amides is 1. The van der Waals surface area contributed by atoms with Crippen molar-refractivity contribution in [1.82, 2.24) is 9.97 Å². The van der Waals surface area contributed by atoms with Crippen molar-refractivity contribution in [2.75, 3.05) is 19.1 Å². The molecule has 0 aliphatic carbocycles. The van der Waals surface area contributed by atoms with Crippen LogP contribution in [0.15, 0.2) is 60.9 Å². The number of methoxy groups -OCH3 is 2. The molecule has 4 rings (SSSR count). The zero-order valence-corrected chi connectivity index (χ0v) is 15.6. The molecule has 28 heavy (non-hydrogen) atoms. The normalized spacial score (nSPS) is 14.3. The Morgan fingerprint density at radius 1 is 0.929 bits per heavy atom. The van der Waals surface area contributed by atoms with E-state index < -0.39 is 0 Å². The van der Waals surface area contributed by atoms with E-state index in [-0.39, 0.29) is 5.91 Å². The summed E-state index contributed by atoms with van der Waals surface area (Å²) in [5.74, 6) is 0.621. The lowest BCUT2D eigenvalue weighted by Gasteiger charge is -2.17. The van der Waals surface area contributed by atoms with Crippen LogP contribution in [0.3, 0.4) is 0 Å². The summed E-state index contributed by atoms with van der Waals surface area (Å²) in [6.45, 7) is 0.494. The Hall–Kier alpha value is -3.67. The number of carbonyl (C=O) groups is 1. The minimum absolute atomic E-state index is 0.0852. The first-order valence-electron chi connectivity index (χ1n) is 8.82. The van der Waals surface area contributed by atoms with Crippen molar-refractivity contribution in [2.45, 2.75) is 6.54 Å². The maximum absolute atomic E-state index is 13.3. The number of hydrogen-bond donors (Lipinski definition) is 0. The van der Waals surface area contributed by atoms with Gasteiger partial charge in [-0.2, -0.15) is 0 Å². The Morgan fingerprint density at radius 2 is 1.57 bits per heavy atom. The summed E-state index contributed by atoms with van der Waals surface area (Å²) in [5, 5.41) is 0. The molecule has 0 atom stereocenters. The van der Waals surface area contributed by atoms with E-state index >= 15 is 0 Å². The molecule has 0 unspecified atom stereocenters. The van der Waals surface area contributed by atoms with Gasteiger partial charge in [-0.3, -0.25) is 4.79 Å². The predicted octanol–water partition coefficient (Wildman–Crippen LogP) is 3.58. The van der Waals surface area contributed by atoms with Gasteiger partial charge in [0.2, 0.25) is 11.8 Å². The second-order valence-corrected chi connectivity index (χ2v) is 6.26. The topological polar surface area (TPSA) is 64.6 Å². The van der Waals surface area contributed by atoms with Crippen LogP contribution in [0.4, 0.5) is 5.69 Å². The zero-order valence-electron chi connectivity index (χ0n) is 15.6. The Kier molecular flexibility index (Phi) is 4.76. The van der Waals surface area contributed by atoms with E-state index in [0.29, 0.717) is 29.4 Å². The van der Waals surface area contributed by atoms with Crippen molar-refractivity contribution < 1.29 is 14.3 Å². The fourth-order valence-corrected chi connectivity index (χ4v) is 3.33. The van der Waals surface area contributed by atoms with Crippen LogP contribution in [-0.2, 0) is 11.3 Å². The molecule has 1 aliphatic heterocycles. The summed E-state index contributed by atoms with van der Waals surface area (Å²) in [5.41, 5.74) is 3.88. The Balaban J connectivity index is 1.81. The minimum atomic E-state index is -0.0852. The fraction of sp³-hybridized carbons (Fsp3) is 0.136. The van der Waals surface area contributed by atoms with Crippen LogP contribution in [-0.4, -0.2) is 30.1 Å². The van der Waals surface area contributed by atoms with Gasteiger partial charge in [-0.25, -0.2) is 9.97 Å². The molecular weight excluding hydrogens is 354 g/mol. The van der Waals surface area contributed by atoms with Crippen LogP contribution < -0.4 is 14.4 Å². The highest BCUT2D eigenvalue weighted by molar-refractivity contribution is 6.35. The number of fused-ring (bicyclic) bond motifs is 1. The molecule has 0 spiro atoms. The molecule has 0 fully saturated rings. The van der Waals surface area contributed by atoms with Gasteiger partial charge in [0.25, 0.3) is 5.91 Å². The first-order chi connectivity index (χ1) is 13.7. The number of nitrogens with zero attached hydrogens (tertiary/aromatic N) is 3. The van der Waals surface area contributed by atoms with Gasteiger partial charge in [0.15, 0.2) is 0 Å². The summed E-state index contributed by atoms with van der Waals surface area (Å²) in [6.07, 6.45) is 3.11. The Bertz CT molecular complexity index is 1030. The van der Waals surface area contributed by atoms with Crippen LogP contribution in [0.1, 0.15) is 16.7 Å². The van der Waals surface area contributed by atoms with Gasteiger partial charge in [0, 0.05) is 5.56 Å².